The van der Waals surface area contributed by atoms with E-state index in [1.165, 1.54) is 5.56 Å². The Balaban J connectivity index is 2.05. The topological polar surface area (TPSA) is 41.6 Å². The summed E-state index contributed by atoms with van der Waals surface area (Å²) in [6.07, 6.45) is 1.95. The van der Waals surface area contributed by atoms with E-state index < -0.39 is 0 Å². The Bertz CT molecular complexity index is 444. The zero-order valence-corrected chi connectivity index (χ0v) is 12.6. The highest BCUT2D eigenvalue weighted by molar-refractivity contribution is 5.84. The van der Waals surface area contributed by atoms with Crippen LogP contribution in [0.25, 0.3) is 0 Å². The predicted octanol–water partition coefficient (Wildman–Crippen LogP) is 2.24. The van der Waals surface area contributed by atoms with Crippen LogP contribution in [0.2, 0.25) is 0 Å². The molecule has 0 bridgehead atoms. The third-order valence-corrected chi connectivity index (χ3v) is 3.76. The molecule has 0 spiro atoms. The smallest absolute Gasteiger partial charge is 0.241 e. The standard InChI is InChI=1S/C16H24N2O2/c1-12-6-8-14(9-7-12)15-17-13(2)16(19)18(15)10-4-5-11-20-3/h6-9,13,15,17H,4-5,10-11H2,1-3H3. The number of amides is 1. The first-order chi connectivity index (χ1) is 9.63. The lowest BCUT2D eigenvalue weighted by molar-refractivity contribution is -0.129. The van der Waals surface area contributed by atoms with Gasteiger partial charge in [-0.15, -0.1) is 0 Å². The van der Waals surface area contributed by atoms with Gasteiger partial charge in [0.15, 0.2) is 0 Å². The Labute approximate surface area is 121 Å². The number of nitrogens with one attached hydrogen (secondary N) is 1. The number of nitrogens with zero attached hydrogens (tertiary/aromatic N) is 1. The van der Waals surface area contributed by atoms with Crippen LogP contribution in [0, 0.1) is 6.92 Å². The Morgan fingerprint density at radius 2 is 1.95 bits per heavy atom. The molecular formula is C16H24N2O2. The fourth-order valence-corrected chi connectivity index (χ4v) is 2.57. The molecular weight excluding hydrogens is 252 g/mol. The molecule has 110 valence electrons. The summed E-state index contributed by atoms with van der Waals surface area (Å²) in [6, 6.07) is 8.27. The molecule has 1 saturated heterocycles. The second-order valence-electron chi connectivity index (χ2n) is 5.43. The molecule has 0 radical (unpaired) electrons. The van der Waals surface area contributed by atoms with Crippen molar-refractivity contribution in [3.05, 3.63) is 35.4 Å². The van der Waals surface area contributed by atoms with Crippen molar-refractivity contribution >= 4 is 5.91 Å². The summed E-state index contributed by atoms with van der Waals surface area (Å²) in [5.41, 5.74) is 2.39. The minimum Gasteiger partial charge on any atom is -0.385 e. The third kappa shape index (κ3) is 3.38. The molecule has 1 aromatic carbocycles. The van der Waals surface area contributed by atoms with Gasteiger partial charge in [-0.05, 0) is 32.3 Å². The number of hydrogen-bond donors (Lipinski definition) is 1. The maximum atomic E-state index is 12.3. The molecule has 1 N–H and O–H groups in total. The van der Waals surface area contributed by atoms with Gasteiger partial charge >= 0.3 is 0 Å². The highest BCUT2D eigenvalue weighted by Gasteiger charge is 2.36. The van der Waals surface area contributed by atoms with Crippen LogP contribution in [0.15, 0.2) is 24.3 Å². The number of benzene rings is 1. The van der Waals surface area contributed by atoms with Crippen molar-refractivity contribution in [3.8, 4) is 0 Å². The molecule has 0 aromatic heterocycles. The number of unbranched alkanes of at least 4 members (excludes halogenated alkanes) is 1. The number of hydrogen-bond acceptors (Lipinski definition) is 3. The third-order valence-electron chi connectivity index (χ3n) is 3.76. The van der Waals surface area contributed by atoms with E-state index in [1.54, 1.807) is 7.11 Å². The van der Waals surface area contributed by atoms with Gasteiger partial charge in [0.05, 0.1) is 6.04 Å². The normalized spacial score (nSPS) is 22.6. The monoisotopic (exact) mass is 276 g/mol. The van der Waals surface area contributed by atoms with Crippen LogP contribution in [-0.4, -0.2) is 37.1 Å². The molecule has 4 heteroatoms. The maximum absolute atomic E-state index is 12.3. The molecule has 1 aromatic rings. The first kappa shape index (κ1) is 15.0. The molecule has 1 amide bonds. The summed E-state index contributed by atoms with van der Waals surface area (Å²) in [5.74, 6) is 0.188. The molecule has 1 heterocycles. The molecule has 0 aliphatic carbocycles. The lowest BCUT2D eigenvalue weighted by Crippen LogP contribution is -2.31. The van der Waals surface area contributed by atoms with Gasteiger partial charge in [-0.25, -0.2) is 0 Å². The van der Waals surface area contributed by atoms with E-state index in [0.717, 1.165) is 31.6 Å². The highest BCUT2D eigenvalue weighted by Crippen LogP contribution is 2.25. The van der Waals surface area contributed by atoms with Crippen LogP contribution in [0.1, 0.15) is 37.1 Å². The van der Waals surface area contributed by atoms with Crippen molar-refractivity contribution in [1.29, 1.82) is 0 Å². The first-order valence-corrected chi connectivity index (χ1v) is 7.25. The number of carbonyl (C=O) groups excluding carboxylic acids is 1. The minimum absolute atomic E-state index is 0.000597. The van der Waals surface area contributed by atoms with Crippen molar-refractivity contribution < 1.29 is 9.53 Å². The summed E-state index contributed by atoms with van der Waals surface area (Å²) in [7, 11) is 1.71. The van der Waals surface area contributed by atoms with Gasteiger partial charge in [0.2, 0.25) is 5.91 Å². The molecule has 20 heavy (non-hydrogen) atoms. The summed E-state index contributed by atoms with van der Waals surface area (Å²) in [6.45, 7) is 5.53. The van der Waals surface area contributed by atoms with Crippen molar-refractivity contribution in [2.24, 2.45) is 0 Å². The fraction of sp³-hybridized carbons (Fsp3) is 0.562. The van der Waals surface area contributed by atoms with Gasteiger partial charge < -0.3 is 9.64 Å². The first-order valence-electron chi connectivity index (χ1n) is 7.25. The SMILES string of the molecule is COCCCCN1C(=O)C(C)NC1c1ccc(C)cc1. The van der Waals surface area contributed by atoms with Gasteiger partial charge in [0.25, 0.3) is 0 Å². The number of rotatable bonds is 6. The molecule has 2 rings (SSSR count). The lowest BCUT2D eigenvalue weighted by atomic mass is 10.1. The van der Waals surface area contributed by atoms with Gasteiger partial charge in [-0.3, -0.25) is 10.1 Å². The van der Waals surface area contributed by atoms with Crippen molar-refractivity contribution in [1.82, 2.24) is 10.2 Å². The van der Waals surface area contributed by atoms with Gasteiger partial charge in [-0.2, -0.15) is 0 Å². The second-order valence-corrected chi connectivity index (χ2v) is 5.43. The van der Waals surface area contributed by atoms with Crippen LogP contribution in [-0.2, 0) is 9.53 Å². The summed E-state index contributed by atoms with van der Waals surface area (Å²) >= 11 is 0. The largest absolute Gasteiger partial charge is 0.385 e. The molecule has 1 aliphatic heterocycles. The van der Waals surface area contributed by atoms with Crippen molar-refractivity contribution in [2.45, 2.75) is 38.9 Å². The number of ether oxygens (including phenoxy) is 1. The van der Waals surface area contributed by atoms with Crippen LogP contribution in [0.3, 0.4) is 0 Å². The summed E-state index contributed by atoms with van der Waals surface area (Å²) in [4.78, 5) is 14.2. The predicted molar refractivity (Wildman–Crippen MR) is 79.3 cm³/mol. The Hall–Kier alpha value is -1.39. The van der Waals surface area contributed by atoms with Gasteiger partial charge in [0.1, 0.15) is 6.17 Å². The van der Waals surface area contributed by atoms with E-state index in [2.05, 4.69) is 36.5 Å². The van der Waals surface area contributed by atoms with E-state index in [9.17, 15) is 4.79 Å². The molecule has 4 nitrogen and oxygen atoms in total. The van der Waals surface area contributed by atoms with E-state index in [1.807, 2.05) is 11.8 Å². The van der Waals surface area contributed by atoms with Crippen molar-refractivity contribution in [2.75, 3.05) is 20.3 Å². The Kier molecular flexibility index (Phi) is 5.15. The minimum atomic E-state index is -0.108. The highest BCUT2D eigenvalue weighted by atomic mass is 16.5. The molecule has 2 atom stereocenters. The average molecular weight is 276 g/mol. The Morgan fingerprint density at radius 3 is 2.60 bits per heavy atom. The van der Waals surface area contributed by atoms with E-state index in [-0.39, 0.29) is 18.1 Å². The van der Waals surface area contributed by atoms with E-state index >= 15 is 0 Å². The van der Waals surface area contributed by atoms with E-state index in [0.29, 0.717) is 0 Å². The van der Waals surface area contributed by atoms with Gasteiger partial charge in [0, 0.05) is 20.3 Å². The molecule has 2 unspecified atom stereocenters. The van der Waals surface area contributed by atoms with E-state index in [4.69, 9.17) is 4.74 Å². The maximum Gasteiger partial charge on any atom is 0.241 e. The quantitative estimate of drug-likeness (QED) is 0.810. The van der Waals surface area contributed by atoms with Crippen LogP contribution in [0.4, 0.5) is 0 Å². The van der Waals surface area contributed by atoms with Crippen LogP contribution < -0.4 is 5.32 Å². The molecule has 0 saturated carbocycles. The summed E-state index contributed by atoms with van der Waals surface area (Å²) in [5, 5.41) is 3.38. The number of aryl methyl sites for hydroxylation is 1. The van der Waals surface area contributed by atoms with Crippen LogP contribution >= 0.6 is 0 Å². The zero-order chi connectivity index (χ0) is 14.5. The molecule has 1 fully saturated rings. The number of carbonyl (C=O) groups is 1. The van der Waals surface area contributed by atoms with Crippen molar-refractivity contribution in [3.63, 3.8) is 0 Å². The Morgan fingerprint density at radius 1 is 1.25 bits per heavy atom. The summed E-state index contributed by atoms with van der Waals surface area (Å²) < 4.78 is 5.06. The van der Waals surface area contributed by atoms with Crippen LogP contribution in [0.5, 0.6) is 0 Å². The zero-order valence-electron chi connectivity index (χ0n) is 12.6. The van der Waals surface area contributed by atoms with Gasteiger partial charge in [-0.1, -0.05) is 29.8 Å². The average Bonchev–Trinajstić information content (AvgIpc) is 2.72. The fourth-order valence-electron chi connectivity index (χ4n) is 2.57. The second kappa shape index (κ2) is 6.86. The molecule has 1 aliphatic rings. The number of methoxy groups -OCH3 is 1. The lowest BCUT2D eigenvalue weighted by Gasteiger charge is -2.24.